The fraction of sp³-hybridized carbons (Fsp3) is 0.385. The number of aryl methyl sites for hydroxylation is 1. The van der Waals surface area contributed by atoms with Gasteiger partial charge in [-0.3, -0.25) is 9.59 Å². The lowest BCUT2D eigenvalue weighted by Gasteiger charge is -2.11. The first kappa shape index (κ1) is 17.4. The highest BCUT2D eigenvalue weighted by molar-refractivity contribution is 5.94. The molecule has 0 aliphatic heterocycles. The van der Waals surface area contributed by atoms with Crippen molar-refractivity contribution in [2.45, 2.75) is 33.2 Å². The molecule has 0 fully saturated rings. The number of carbonyl (C=O) groups excluding carboxylic acids is 2. The van der Waals surface area contributed by atoms with E-state index < -0.39 is 0 Å². The van der Waals surface area contributed by atoms with E-state index in [2.05, 4.69) is 10.6 Å². The molecule has 0 aromatic heterocycles. The van der Waals surface area contributed by atoms with Crippen molar-refractivity contribution in [1.29, 1.82) is 0 Å². The van der Waals surface area contributed by atoms with E-state index in [-0.39, 0.29) is 36.7 Å². The third-order valence-corrected chi connectivity index (χ3v) is 2.34. The Morgan fingerprint density at radius 2 is 1.95 bits per heavy atom. The van der Waals surface area contributed by atoms with Crippen LogP contribution >= 0.6 is 12.4 Å². The van der Waals surface area contributed by atoms with Crippen LogP contribution in [0.3, 0.4) is 0 Å². The van der Waals surface area contributed by atoms with Crippen LogP contribution in [0.15, 0.2) is 18.2 Å². The molecule has 0 radical (unpaired) electrons. The molecule has 0 saturated carbocycles. The molecule has 1 unspecified atom stereocenters. The monoisotopic (exact) mass is 285 g/mol. The lowest BCUT2D eigenvalue weighted by Crippen LogP contribution is -2.24. The van der Waals surface area contributed by atoms with Crippen LogP contribution in [0.2, 0.25) is 0 Å². The molecule has 1 rings (SSSR count). The van der Waals surface area contributed by atoms with Gasteiger partial charge >= 0.3 is 0 Å². The van der Waals surface area contributed by atoms with E-state index in [0.29, 0.717) is 11.4 Å². The second-order valence-corrected chi connectivity index (χ2v) is 4.44. The average molecular weight is 286 g/mol. The van der Waals surface area contributed by atoms with Gasteiger partial charge in [0.2, 0.25) is 11.8 Å². The summed E-state index contributed by atoms with van der Waals surface area (Å²) in [6, 6.07) is 5.19. The number of anilines is 2. The van der Waals surface area contributed by atoms with Crippen molar-refractivity contribution in [2.24, 2.45) is 5.73 Å². The first-order valence-corrected chi connectivity index (χ1v) is 5.82. The Balaban J connectivity index is 0.00000324. The van der Waals surface area contributed by atoms with Crippen LogP contribution in [-0.4, -0.2) is 17.9 Å². The van der Waals surface area contributed by atoms with Crippen molar-refractivity contribution in [1.82, 2.24) is 0 Å². The van der Waals surface area contributed by atoms with Gasteiger partial charge in [0, 0.05) is 30.8 Å². The number of rotatable bonds is 4. The summed E-state index contributed by atoms with van der Waals surface area (Å²) in [5.74, 6) is -0.278. The molecule has 106 valence electrons. The van der Waals surface area contributed by atoms with Crippen LogP contribution < -0.4 is 16.4 Å². The van der Waals surface area contributed by atoms with Crippen LogP contribution in [0.1, 0.15) is 25.8 Å². The van der Waals surface area contributed by atoms with Crippen molar-refractivity contribution in [3.63, 3.8) is 0 Å². The number of nitrogens with two attached hydrogens (primary N) is 1. The third-order valence-electron chi connectivity index (χ3n) is 2.34. The molecule has 1 atom stereocenters. The lowest BCUT2D eigenvalue weighted by molar-refractivity contribution is -0.116. The summed E-state index contributed by atoms with van der Waals surface area (Å²) in [7, 11) is 0. The lowest BCUT2D eigenvalue weighted by atomic mass is 10.1. The molecular weight excluding hydrogens is 266 g/mol. The van der Waals surface area contributed by atoms with E-state index in [9.17, 15) is 9.59 Å². The summed E-state index contributed by atoms with van der Waals surface area (Å²) in [5.41, 5.74) is 7.83. The van der Waals surface area contributed by atoms with Crippen LogP contribution in [0, 0.1) is 6.92 Å². The standard InChI is InChI=1S/C13H19N3O2.ClH/c1-8-4-5-11(7-12(8)15-10(3)17)16-13(18)6-9(2)14;/h4-5,7,9H,6,14H2,1-3H3,(H,15,17)(H,16,18);1H. The second-order valence-electron chi connectivity index (χ2n) is 4.44. The zero-order chi connectivity index (χ0) is 13.7. The summed E-state index contributed by atoms with van der Waals surface area (Å²) in [6.07, 6.45) is 0.267. The molecule has 19 heavy (non-hydrogen) atoms. The minimum absolute atomic E-state index is 0. The predicted molar refractivity (Wildman–Crippen MR) is 79.6 cm³/mol. The predicted octanol–water partition coefficient (Wildman–Crippen LogP) is 2.05. The van der Waals surface area contributed by atoms with E-state index in [1.807, 2.05) is 13.0 Å². The maximum Gasteiger partial charge on any atom is 0.225 e. The SMILES string of the molecule is CC(=O)Nc1cc(NC(=O)CC(C)N)ccc1C.Cl. The molecule has 0 bridgehead atoms. The fourth-order valence-electron chi connectivity index (χ4n) is 1.53. The smallest absolute Gasteiger partial charge is 0.225 e. The number of hydrogen-bond donors (Lipinski definition) is 3. The van der Waals surface area contributed by atoms with Gasteiger partial charge in [0.25, 0.3) is 0 Å². The summed E-state index contributed by atoms with van der Waals surface area (Å²) >= 11 is 0. The van der Waals surface area contributed by atoms with E-state index in [1.54, 1.807) is 19.1 Å². The Morgan fingerprint density at radius 3 is 2.47 bits per heavy atom. The summed E-state index contributed by atoms with van der Waals surface area (Å²) < 4.78 is 0. The van der Waals surface area contributed by atoms with Crippen molar-refractivity contribution >= 4 is 35.6 Å². The third kappa shape index (κ3) is 6.22. The summed E-state index contributed by atoms with van der Waals surface area (Å²) in [4.78, 5) is 22.6. The molecule has 0 aliphatic carbocycles. The Morgan fingerprint density at radius 1 is 1.32 bits per heavy atom. The van der Waals surface area contributed by atoms with Gasteiger partial charge in [0.05, 0.1) is 0 Å². The van der Waals surface area contributed by atoms with Gasteiger partial charge in [0.15, 0.2) is 0 Å². The molecule has 4 N–H and O–H groups in total. The molecule has 1 aromatic rings. The van der Waals surface area contributed by atoms with Crippen molar-refractivity contribution in [2.75, 3.05) is 10.6 Å². The number of nitrogens with one attached hydrogen (secondary N) is 2. The van der Waals surface area contributed by atoms with Crippen molar-refractivity contribution in [3.8, 4) is 0 Å². The zero-order valence-electron chi connectivity index (χ0n) is 11.3. The van der Waals surface area contributed by atoms with Gasteiger partial charge in [-0.15, -0.1) is 12.4 Å². The highest BCUT2D eigenvalue weighted by atomic mass is 35.5. The van der Waals surface area contributed by atoms with E-state index in [4.69, 9.17) is 5.73 Å². The van der Waals surface area contributed by atoms with Crippen LogP contribution in [0.5, 0.6) is 0 Å². The first-order chi connectivity index (χ1) is 8.38. The molecular formula is C13H20ClN3O2. The number of carbonyl (C=O) groups is 2. The molecule has 2 amide bonds. The normalized spacial score (nSPS) is 11.2. The minimum atomic E-state index is -0.176. The number of hydrogen-bond acceptors (Lipinski definition) is 3. The van der Waals surface area contributed by atoms with Gasteiger partial charge in [0.1, 0.15) is 0 Å². The Hall–Kier alpha value is -1.59. The quantitative estimate of drug-likeness (QED) is 0.791. The van der Waals surface area contributed by atoms with E-state index >= 15 is 0 Å². The van der Waals surface area contributed by atoms with Gasteiger partial charge in [-0.05, 0) is 31.5 Å². The molecule has 0 heterocycles. The molecule has 0 aliphatic rings. The Kier molecular flexibility index (Phi) is 7.11. The van der Waals surface area contributed by atoms with Crippen molar-refractivity contribution < 1.29 is 9.59 Å². The minimum Gasteiger partial charge on any atom is -0.327 e. The second kappa shape index (κ2) is 7.76. The first-order valence-electron chi connectivity index (χ1n) is 5.82. The number of halogens is 1. The van der Waals surface area contributed by atoms with Crippen LogP contribution in [0.4, 0.5) is 11.4 Å². The average Bonchev–Trinajstić information content (AvgIpc) is 2.21. The largest absolute Gasteiger partial charge is 0.327 e. The molecule has 1 aromatic carbocycles. The summed E-state index contributed by atoms with van der Waals surface area (Å²) in [6.45, 7) is 5.11. The van der Waals surface area contributed by atoms with Crippen molar-refractivity contribution in [3.05, 3.63) is 23.8 Å². The maximum absolute atomic E-state index is 11.6. The molecule has 0 spiro atoms. The van der Waals surface area contributed by atoms with Gasteiger partial charge < -0.3 is 16.4 Å². The van der Waals surface area contributed by atoms with Gasteiger partial charge in [-0.1, -0.05) is 6.07 Å². The molecule has 6 heteroatoms. The van der Waals surface area contributed by atoms with Crippen LogP contribution in [-0.2, 0) is 9.59 Å². The maximum atomic E-state index is 11.6. The highest BCUT2D eigenvalue weighted by Gasteiger charge is 2.07. The summed E-state index contributed by atoms with van der Waals surface area (Å²) in [5, 5.41) is 5.46. The molecule has 0 saturated heterocycles. The Labute approximate surface area is 119 Å². The van der Waals surface area contributed by atoms with E-state index in [0.717, 1.165) is 5.56 Å². The van der Waals surface area contributed by atoms with Gasteiger partial charge in [-0.2, -0.15) is 0 Å². The zero-order valence-corrected chi connectivity index (χ0v) is 12.1. The van der Waals surface area contributed by atoms with Gasteiger partial charge in [-0.25, -0.2) is 0 Å². The number of amides is 2. The Bertz CT molecular complexity index is 461. The van der Waals surface area contributed by atoms with Crippen LogP contribution in [0.25, 0.3) is 0 Å². The highest BCUT2D eigenvalue weighted by Crippen LogP contribution is 2.20. The number of benzene rings is 1. The molecule has 5 nitrogen and oxygen atoms in total. The van der Waals surface area contributed by atoms with E-state index in [1.165, 1.54) is 6.92 Å². The fourth-order valence-corrected chi connectivity index (χ4v) is 1.53. The topological polar surface area (TPSA) is 84.2 Å².